The molecule has 2 fully saturated rings. The zero-order chi connectivity index (χ0) is 31.3. The van der Waals surface area contributed by atoms with Gasteiger partial charge in [0.25, 0.3) is 0 Å². The molecule has 6 N–H and O–H groups in total. The molecule has 11 nitrogen and oxygen atoms in total. The molecule has 13 heteroatoms. The van der Waals surface area contributed by atoms with Gasteiger partial charge in [0.1, 0.15) is 17.2 Å². The van der Waals surface area contributed by atoms with Crippen LogP contribution in [0.5, 0.6) is 0 Å². The lowest BCUT2D eigenvalue weighted by molar-refractivity contribution is -0.118. The second-order valence-corrected chi connectivity index (χ2v) is 13.1. The van der Waals surface area contributed by atoms with Crippen LogP contribution in [-0.2, 0) is 14.8 Å². The Morgan fingerprint density at radius 3 is 2.39 bits per heavy atom. The molecule has 5 rings (SSSR count). The number of anilines is 3. The number of carbonyl (C=O) groups excluding carboxylic acids is 1. The minimum atomic E-state index is -4.06. The lowest BCUT2D eigenvalue weighted by Gasteiger charge is -2.27. The highest BCUT2D eigenvalue weighted by Gasteiger charge is 2.52. The van der Waals surface area contributed by atoms with E-state index < -0.39 is 27.3 Å². The molecule has 0 unspecified atom stereocenters. The highest BCUT2D eigenvalue weighted by Crippen LogP contribution is 2.38. The van der Waals surface area contributed by atoms with Crippen LogP contribution >= 0.6 is 0 Å². The molecule has 2 aliphatic rings. The van der Waals surface area contributed by atoms with Crippen molar-refractivity contribution in [2.45, 2.75) is 80.9 Å². The van der Waals surface area contributed by atoms with Crippen molar-refractivity contribution in [3.63, 3.8) is 0 Å². The smallest absolute Gasteiger partial charge is 0.245 e. The highest BCUT2D eigenvalue weighted by molar-refractivity contribution is 7.89. The SMILES string of the molecule is CCCCNc1ncc(C(=N)c2ccc(S(=O)(=O)NC3(C(=O)Nc4ccc(F)cc4)CC3)cc2)c(NC2CCC(O)CC2)n1. The molecular weight excluding hydrogens is 585 g/mol. The highest BCUT2D eigenvalue weighted by atomic mass is 32.2. The summed E-state index contributed by atoms with van der Waals surface area (Å²) in [5.41, 5.74) is 0.154. The molecule has 2 aliphatic carbocycles. The van der Waals surface area contributed by atoms with Gasteiger partial charge < -0.3 is 21.1 Å². The van der Waals surface area contributed by atoms with Crippen LogP contribution in [0.1, 0.15) is 69.4 Å². The Hall–Kier alpha value is -3.94. The van der Waals surface area contributed by atoms with E-state index in [4.69, 9.17) is 5.41 Å². The van der Waals surface area contributed by atoms with Crippen LogP contribution in [0.3, 0.4) is 0 Å². The van der Waals surface area contributed by atoms with Crippen molar-refractivity contribution in [3.05, 3.63) is 71.7 Å². The summed E-state index contributed by atoms with van der Waals surface area (Å²) in [6.45, 7) is 2.82. The monoisotopic (exact) mass is 623 g/mol. The zero-order valence-electron chi connectivity index (χ0n) is 24.6. The van der Waals surface area contributed by atoms with Gasteiger partial charge in [0, 0.05) is 30.0 Å². The summed E-state index contributed by atoms with van der Waals surface area (Å²) in [5, 5.41) is 28.2. The maximum atomic E-state index is 13.2. The van der Waals surface area contributed by atoms with Gasteiger partial charge in [-0.25, -0.2) is 17.8 Å². The van der Waals surface area contributed by atoms with Gasteiger partial charge in [-0.1, -0.05) is 25.5 Å². The molecule has 0 spiro atoms. The summed E-state index contributed by atoms with van der Waals surface area (Å²) < 4.78 is 42.2. The Morgan fingerprint density at radius 2 is 1.75 bits per heavy atom. The number of nitrogens with zero attached hydrogens (tertiary/aromatic N) is 2. The number of aliphatic hydroxyl groups is 1. The van der Waals surface area contributed by atoms with Crippen molar-refractivity contribution >= 4 is 39.1 Å². The zero-order valence-corrected chi connectivity index (χ0v) is 25.4. The molecule has 0 atom stereocenters. The summed E-state index contributed by atoms with van der Waals surface area (Å²) in [5.74, 6) is 0.0129. The number of hydrogen-bond acceptors (Lipinski definition) is 9. The Bertz CT molecular complexity index is 1590. The largest absolute Gasteiger partial charge is 0.393 e. The maximum Gasteiger partial charge on any atom is 0.245 e. The third-order valence-corrected chi connectivity index (χ3v) is 9.53. The Labute approximate surface area is 256 Å². The van der Waals surface area contributed by atoms with Crippen molar-refractivity contribution in [1.82, 2.24) is 14.7 Å². The van der Waals surface area contributed by atoms with E-state index in [0.717, 1.165) is 32.2 Å². The molecule has 1 heterocycles. The van der Waals surface area contributed by atoms with E-state index in [2.05, 4.69) is 37.6 Å². The fourth-order valence-corrected chi connectivity index (χ4v) is 6.53. The maximum absolute atomic E-state index is 13.2. The molecular formula is C31H38FN7O4S. The number of rotatable bonds is 13. The van der Waals surface area contributed by atoms with Gasteiger partial charge in [-0.05, 0) is 81.3 Å². The Morgan fingerprint density at radius 1 is 1.07 bits per heavy atom. The summed E-state index contributed by atoms with van der Waals surface area (Å²) in [6.07, 6.45) is 6.89. The lowest BCUT2D eigenvalue weighted by atomic mass is 9.93. The van der Waals surface area contributed by atoms with Gasteiger partial charge >= 0.3 is 0 Å². The van der Waals surface area contributed by atoms with E-state index in [1.165, 1.54) is 36.4 Å². The molecule has 0 radical (unpaired) electrons. The first-order valence-corrected chi connectivity index (χ1v) is 16.4. The van der Waals surface area contributed by atoms with Crippen LogP contribution in [0, 0.1) is 11.2 Å². The van der Waals surface area contributed by atoms with Gasteiger partial charge in [0.15, 0.2) is 0 Å². The van der Waals surface area contributed by atoms with Crippen molar-refractivity contribution in [1.29, 1.82) is 5.41 Å². The molecule has 2 aromatic carbocycles. The number of aromatic nitrogens is 2. The number of sulfonamides is 1. The number of halogens is 1. The van der Waals surface area contributed by atoms with Gasteiger partial charge in [0.05, 0.1) is 22.3 Å². The lowest BCUT2D eigenvalue weighted by Crippen LogP contribution is -2.46. The Balaban J connectivity index is 1.30. The predicted octanol–water partition coefficient (Wildman–Crippen LogP) is 4.41. The fourth-order valence-electron chi connectivity index (χ4n) is 5.11. The predicted molar refractivity (Wildman–Crippen MR) is 167 cm³/mol. The van der Waals surface area contributed by atoms with Crippen molar-refractivity contribution < 1.29 is 22.7 Å². The number of nitrogens with one attached hydrogen (secondary N) is 5. The second kappa shape index (κ2) is 13.4. The van der Waals surface area contributed by atoms with Crippen LogP contribution in [0.2, 0.25) is 0 Å². The van der Waals surface area contributed by atoms with Gasteiger partial charge in [0.2, 0.25) is 21.9 Å². The molecule has 0 saturated heterocycles. The van der Waals surface area contributed by atoms with Crippen LogP contribution in [-0.4, -0.2) is 59.3 Å². The minimum Gasteiger partial charge on any atom is -0.393 e. The van der Waals surface area contributed by atoms with Crippen molar-refractivity contribution in [3.8, 4) is 0 Å². The number of amides is 1. The average molecular weight is 624 g/mol. The normalized spacial score (nSPS) is 19.2. The summed E-state index contributed by atoms with van der Waals surface area (Å²) in [6, 6.07) is 11.2. The second-order valence-electron chi connectivity index (χ2n) is 11.4. The minimum absolute atomic E-state index is 0.0410. The molecule has 44 heavy (non-hydrogen) atoms. The average Bonchev–Trinajstić information content (AvgIpc) is 3.79. The molecule has 234 valence electrons. The Kier molecular flexibility index (Phi) is 9.56. The molecule has 2 saturated carbocycles. The third kappa shape index (κ3) is 7.58. The summed E-state index contributed by atoms with van der Waals surface area (Å²) in [4.78, 5) is 21.9. The van der Waals surface area contributed by atoms with Gasteiger partial charge in [-0.2, -0.15) is 9.71 Å². The van der Waals surface area contributed by atoms with Crippen molar-refractivity contribution in [2.75, 3.05) is 22.5 Å². The molecule has 3 aromatic rings. The standard InChI is InChI=1S/C31H38FN7O4S/c1-2-3-18-34-30-35-19-26(28(38-30)36-22-10-12-24(40)13-11-22)27(33)20-4-14-25(15-5-20)44(42,43)39-31(16-17-31)29(41)37-23-8-6-21(32)7-9-23/h4-9,14-15,19,22,24,33,39-40H,2-3,10-13,16-18H2,1H3,(H,37,41)(H2,34,35,36,38). The summed E-state index contributed by atoms with van der Waals surface area (Å²) >= 11 is 0. The number of unbranched alkanes of at least 4 members (excludes halogenated alkanes) is 1. The topological polar surface area (TPSA) is 169 Å². The van der Waals surface area contributed by atoms with E-state index in [9.17, 15) is 22.7 Å². The van der Waals surface area contributed by atoms with Gasteiger partial charge in [-0.15, -0.1) is 0 Å². The van der Waals surface area contributed by atoms with Crippen LogP contribution in [0.25, 0.3) is 0 Å². The molecule has 0 aliphatic heterocycles. The van der Waals surface area contributed by atoms with E-state index in [1.54, 1.807) is 18.3 Å². The van der Waals surface area contributed by atoms with E-state index in [0.29, 0.717) is 54.3 Å². The molecule has 0 bridgehead atoms. The van der Waals surface area contributed by atoms with E-state index in [1.807, 2.05) is 0 Å². The first-order valence-electron chi connectivity index (χ1n) is 14.9. The quantitative estimate of drug-likeness (QED) is 0.120. The number of hydrogen-bond donors (Lipinski definition) is 6. The first kappa shape index (κ1) is 31.5. The molecule has 1 aromatic heterocycles. The third-order valence-electron chi connectivity index (χ3n) is 7.98. The number of carbonyl (C=O) groups is 1. The number of aliphatic hydroxyl groups excluding tert-OH is 1. The van der Waals surface area contributed by atoms with Gasteiger partial charge in [-0.3, -0.25) is 10.2 Å². The summed E-state index contributed by atoms with van der Waals surface area (Å²) in [7, 11) is -4.06. The fraction of sp³-hybridized carbons (Fsp3) is 0.419. The number of benzene rings is 2. The molecule has 1 amide bonds. The van der Waals surface area contributed by atoms with Crippen LogP contribution < -0.4 is 20.7 Å². The van der Waals surface area contributed by atoms with Crippen LogP contribution in [0.15, 0.2) is 59.6 Å². The van der Waals surface area contributed by atoms with Crippen molar-refractivity contribution in [2.24, 2.45) is 0 Å². The first-order chi connectivity index (χ1) is 21.1. The van der Waals surface area contributed by atoms with E-state index in [-0.39, 0.29) is 22.8 Å². The van der Waals surface area contributed by atoms with E-state index >= 15 is 0 Å². The van der Waals surface area contributed by atoms with Crippen LogP contribution in [0.4, 0.5) is 21.8 Å².